The van der Waals surface area contributed by atoms with E-state index in [0.29, 0.717) is 6.61 Å². The normalized spacial score (nSPS) is 26.3. The largest absolute Gasteiger partial charge is 0.494 e. The summed E-state index contributed by atoms with van der Waals surface area (Å²) in [6, 6.07) is 19.4. The van der Waals surface area contributed by atoms with E-state index in [1.165, 1.54) is 18.2 Å². The van der Waals surface area contributed by atoms with E-state index in [0.717, 1.165) is 27.2 Å². The summed E-state index contributed by atoms with van der Waals surface area (Å²) in [4.78, 5) is 40.6. The number of imide groups is 1. The van der Waals surface area contributed by atoms with Crippen molar-refractivity contribution in [3.8, 4) is 5.75 Å². The molecule has 2 amide bonds. The van der Waals surface area contributed by atoms with E-state index in [-0.39, 0.29) is 17.1 Å². The van der Waals surface area contributed by atoms with E-state index in [1.54, 1.807) is 13.8 Å². The number of nitro benzene ring substituents is 1. The van der Waals surface area contributed by atoms with Gasteiger partial charge in [0.05, 0.1) is 41.0 Å². The summed E-state index contributed by atoms with van der Waals surface area (Å²) in [5.41, 5.74) is 1.85. The first kappa shape index (κ1) is 22.4. The summed E-state index contributed by atoms with van der Waals surface area (Å²) >= 11 is 0. The third-order valence-corrected chi connectivity index (χ3v) is 8.04. The monoisotopic (exact) mass is 484 g/mol. The lowest BCUT2D eigenvalue weighted by atomic mass is 9.46. The third kappa shape index (κ3) is 2.62. The van der Waals surface area contributed by atoms with Crippen molar-refractivity contribution in [2.24, 2.45) is 11.8 Å². The number of benzene rings is 3. The van der Waals surface area contributed by atoms with Crippen LogP contribution in [0.3, 0.4) is 0 Å². The summed E-state index contributed by atoms with van der Waals surface area (Å²) in [5.74, 6) is -2.83. The van der Waals surface area contributed by atoms with Gasteiger partial charge in [-0.05, 0) is 48.2 Å². The van der Waals surface area contributed by atoms with Crippen LogP contribution in [0.5, 0.6) is 5.75 Å². The molecule has 0 radical (unpaired) electrons. The molecule has 8 heteroatoms. The van der Waals surface area contributed by atoms with E-state index < -0.39 is 46.0 Å². The maximum atomic E-state index is 14.2. The first-order chi connectivity index (χ1) is 17.3. The number of hydrogen-bond acceptors (Lipinski definition) is 6. The van der Waals surface area contributed by atoms with Crippen molar-refractivity contribution in [3.63, 3.8) is 0 Å². The number of aliphatic hydroxyl groups excluding tert-OH is 1. The molecule has 182 valence electrons. The highest BCUT2D eigenvalue weighted by Crippen LogP contribution is 2.65. The smallest absolute Gasteiger partial charge is 0.297 e. The van der Waals surface area contributed by atoms with E-state index >= 15 is 0 Å². The van der Waals surface area contributed by atoms with Crippen LogP contribution in [0.1, 0.15) is 42.0 Å². The van der Waals surface area contributed by atoms with E-state index in [4.69, 9.17) is 4.74 Å². The Morgan fingerprint density at radius 2 is 1.64 bits per heavy atom. The quantitative estimate of drug-likeness (QED) is 0.334. The number of amides is 2. The molecule has 3 atom stereocenters. The van der Waals surface area contributed by atoms with E-state index in [1.807, 2.05) is 48.5 Å². The number of rotatable bonds is 5. The van der Waals surface area contributed by atoms with E-state index in [9.17, 15) is 24.8 Å². The van der Waals surface area contributed by atoms with Gasteiger partial charge >= 0.3 is 0 Å². The van der Waals surface area contributed by atoms with Gasteiger partial charge in [0.15, 0.2) is 0 Å². The number of anilines is 1. The Bertz CT molecular complexity index is 1400. The molecule has 2 bridgehead atoms. The molecule has 3 aliphatic carbocycles. The summed E-state index contributed by atoms with van der Waals surface area (Å²) in [6.45, 7) is 3.73. The van der Waals surface area contributed by atoms with Crippen LogP contribution in [0, 0.1) is 22.0 Å². The lowest BCUT2D eigenvalue weighted by Gasteiger charge is -2.55. The molecular formula is C28H24N2O6. The van der Waals surface area contributed by atoms with Crippen molar-refractivity contribution >= 4 is 23.2 Å². The molecular weight excluding hydrogens is 460 g/mol. The molecule has 0 unspecified atom stereocenters. The summed E-state index contributed by atoms with van der Waals surface area (Å²) in [5, 5.41) is 23.4. The lowest BCUT2D eigenvalue weighted by molar-refractivity contribution is -0.384. The molecule has 0 saturated carbocycles. The van der Waals surface area contributed by atoms with Crippen molar-refractivity contribution in [3.05, 3.63) is 99.1 Å². The fourth-order valence-electron chi connectivity index (χ4n) is 6.87. The van der Waals surface area contributed by atoms with Crippen LogP contribution in [0.15, 0.2) is 66.7 Å². The Hall–Kier alpha value is -4.04. The zero-order valence-electron chi connectivity index (χ0n) is 19.8. The molecule has 1 heterocycles. The number of carbonyl (C=O) groups excluding carboxylic acids is 2. The Morgan fingerprint density at radius 1 is 1.03 bits per heavy atom. The van der Waals surface area contributed by atoms with E-state index in [2.05, 4.69) is 0 Å². The SMILES string of the molecule is CCOc1ccc(N2C(=O)[C@@H]3C4c5ccccc5C([C@@H](C)O)(c5ccccc54)[C@@H]3C2=O)c([N+](=O)[O-])c1. The van der Waals surface area contributed by atoms with Gasteiger partial charge in [-0.25, -0.2) is 4.90 Å². The first-order valence-corrected chi connectivity index (χ1v) is 12.0. The Morgan fingerprint density at radius 3 is 2.19 bits per heavy atom. The molecule has 0 spiro atoms. The van der Waals surface area contributed by atoms with Crippen LogP contribution >= 0.6 is 0 Å². The molecule has 1 aliphatic heterocycles. The molecule has 1 saturated heterocycles. The predicted molar refractivity (Wildman–Crippen MR) is 131 cm³/mol. The van der Waals surface area contributed by atoms with Gasteiger partial charge in [-0.1, -0.05) is 48.5 Å². The van der Waals surface area contributed by atoms with Gasteiger partial charge in [0.2, 0.25) is 11.8 Å². The third-order valence-electron chi connectivity index (χ3n) is 8.04. The Kier molecular flexibility index (Phi) is 4.82. The minimum atomic E-state index is -1.16. The summed E-state index contributed by atoms with van der Waals surface area (Å²) in [7, 11) is 0. The average molecular weight is 485 g/mol. The standard InChI is InChI=1S/C28H24N2O6/c1-3-36-16-12-13-21(22(14-16)30(34)35)29-26(32)24-23-17-8-4-6-10-19(17)28(15(2)31,25(24)27(29)33)20-11-7-5-9-18(20)23/h4-15,23-25,31H,3H2,1-2H3/t15-,23?,24-,25+,28?/m1/s1. The molecule has 3 aromatic rings. The van der Waals surface area contributed by atoms with Crippen molar-refractivity contribution < 1.29 is 24.4 Å². The topological polar surface area (TPSA) is 110 Å². The van der Waals surface area contributed by atoms with Crippen LogP contribution in [-0.2, 0) is 15.0 Å². The zero-order chi connectivity index (χ0) is 25.4. The minimum Gasteiger partial charge on any atom is -0.494 e. The molecule has 36 heavy (non-hydrogen) atoms. The molecule has 7 rings (SSSR count). The summed E-state index contributed by atoms with van der Waals surface area (Å²) < 4.78 is 5.41. The van der Waals surface area contributed by atoms with Gasteiger partial charge in [0, 0.05) is 5.92 Å². The maximum Gasteiger partial charge on any atom is 0.297 e. The molecule has 4 aliphatic rings. The van der Waals surface area contributed by atoms with Crippen molar-refractivity contribution in [2.45, 2.75) is 31.3 Å². The van der Waals surface area contributed by atoms with Crippen molar-refractivity contribution in [1.82, 2.24) is 0 Å². The number of nitrogens with zero attached hydrogens (tertiary/aromatic N) is 2. The Balaban J connectivity index is 1.60. The predicted octanol–water partition coefficient (Wildman–Crippen LogP) is 3.93. The second-order valence-corrected chi connectivity index (χ2v) is 9.55. The minimum absolute atomic E-state index is 0.0823. The van der Waals surface area contributed by atoms with Gasteiger partial charge in [0.25, 0.3) is 5.69 Å². The van der Waals surface area contributed by atoms with Gasteiger partial charge in [-0.3, -0.25) is 19.7 Å². The fraction of sp³-hybridized carbons (Fsp3) is 0.286. The Labute approximate surface area is 207 Å². The van der Waals surface area contributed by atoms with Gasteiger partial charge in [-0.15, -0.1) is 0 Å². The molecule has 0 aromatic heterocycles. The molecule has 1 N–H and O–H groups in total. The highest BCUT2D eigenvalue weighted by molar-refractivity contribution is 6.24. The highest BCUT2D eigenvalue weighted by Gasteiger charge is 2.70. The van der Waals surface area contributed by atoms with Crippen LogP contribution < -0.4 is 9.64 Å². The average Bonchev–Trinajstić information content (AvgIpc) is 3.14. The van der Waals surface area contributed by atoms with Gasteiger partial charge in [0.1, 0.15) is 11.4 Å². The summed E-state index contributed by atoms with van der Waals surface area (Å²) in [6.07, 6.45) is -0.999. The number of aliphatic hydroxyl groups is 1. The second kappa shape index (κ2) is 7.73. The highest BCUT2D eigenvalue weighted by atomic mass is 16.6. The van der Waals surface area contributed by atoms with Crippen LogP contribution in [0.4, 0.5) is 11.4 Å². The second-order valence-electron chi connectivity index (χ2n) is 9.55. The van der Waals surface area contributed by atoms with Crippen LogP contribution in [-0.4, -0.2) is 34.6 Å². The van der Waals surface area contributed by atoms with Crippen LogP contribution in [0.2, 0.25) is 0 Å². The molecule has 1 fully saturated rings. The fourth-order valence-corrected chi connectivity index (χ4v) is 6.87. The number of carbonyl (C=O) groups is 2. The number of nitro groups is 1. The molecule has 8 nitrogen and oxygen atoms in total. The maximum absolute atomic E-state index is 14.2. The zero-order valence-corrected chi connectivity index (χ0v) is 19.8. The van der Waals surface area contributed by atoms with Crippen LogP contribution in [0.25, 0.3) is 0 Å². The van der Waals surface area contributed by atoms with Crippen molar-refractivity contribution in [2.75, 3.05) is 11.5 Å². The number of ether oxygens (including phenoxy) is 1. The van der Waals surface area contributed by atoms with Crippen molar-refractivity contribution in [1.29, 1.82) is 0 Å². The number of hydrogen-bond donors (Lipinski definition) is 1. The lowest BCUT2D eigenvalue weighted by Crippen LogP contribution is -2.58. The van der Waals surface area contributed by atoms with Gasteiger partial charge < -0.3 is 9.84 Å². The molecule has 3 aromatic carbocycles. The first-order valence-electron chi connectivity index (χ1n) is 12.0. The van der Waals surface area contributed by atoms with Gasteiger partial charge in [-0.2, -0.15) is 0 Å².